The molecule has 1 saturated heterocycles. The predicted molar refractivity (Wildman–Crippen MR) is 213 cm³/mol. The van der Waals surface area contributed by atoms with E-state index in [2.05, 4.69) is 97.8 Å². The molecule has 1 aromatic rings. The van der Waals surface area contributed by atoms with Crippen molar-refractivity contribution in [3.63, 3.8) is 0 Å². The summed E-state index contributed by atoms with van der Waals surface area (Å²) in [4.78, 5) is 16.7. The number of hydrogen-bond acceptors (Lipinski definition) is 8. The Morgan fingerprint density at radius 3 is 1.84 bits per heavy atom. The summed E-state index contributed by atoms with van der Waals surface area (Å²) in [5, 5.41) is 37.2. The van der Waals surface area contributed by atoms with Crippen LogP contribution in [0, 0.1) is 5.92 Å². The largest absolute Gasteiger partial charge is 0.460 e. The molecule has 1 aliphatic heterocycles. The topological polar surface area (TPSA) is 120 Å². The van der Waals surface area contributed by atoms with E-state index >= 15 is 0 Å². The fourth-order valence-electron chi connectivity index (χ4n) is 5.39. The van der Waals surface area contributed by atoms with E-state index in [-0.39, 0.29) is 43.6 Å². The molecule has 0 bridgehead atoms. The number of hydrogen-bond donors (Lipinski definition) is 4. The fourth-order valence-corrected chi connectivity index (χ4v) is 5.39. The summed E-state index contributed by atoms with van der Waals surface area (Å²) in [6.45, 7) is 26.9. The van der Waals surface area contributed by atoms with Crippen LogP contribution >= 0.6 is 0 Å². The molecule has 2 rings (SSSR count). The highest BCUT2D eigenvalue weighted by Gasteiger charge is 2.43. The normalized spacial score (nSPS) is 15.9. The Labute approximate surface area is 311 Å². The first-order valence-electron chi connectivity index (χ1n) is 18.6. The number of carbonyl (C=O) groups is 1. The van der Waals surface area contributed by atoms with Gasteiger partial charge in [0.25, 0.3) is 0 Å². The second-order valence-corrected chi connectivity index (χ2v) is 15.1. The molecule has 4 N–H and O–H groups in total. The SMILES string of the molecule is C=C(C)C(=O)OCCO.CC(C)=CCC/C(C)=C/CO.CC(C)=CCC[C@H](C)CCO.CC1(C)CCCC(C)(C)N1OC(CO)c1ccccc1. The van der Waals surface area contributed by atoms with Crippen molar-refractivity contribution < 1.29 is 34.8 Å². The van der Waals surface area contributed by atoms with Crippen LogP contribution in [0.25, 0.3) is 0 Å². The number of nitrogens with zero attached hydrogens (tertiary/aromatic N) is 1. The number of esters is 1. The molecular formula is C43H75NO7. The number of hydroxylamine groups is 2. The monoisotopic (exact) mass is 718 g/mol. The van der Waals surface area contributed by atoms with Gasteiger partial charge in [0.2, 0.25) is 0 Å². The molecule has 0 saturated carbocycles. The van der Waals surface area contributed by atoms with Crippen molar-refractivity contribution in [2.24, 2.45) is 5.92 Å². The van der Waals surface area contributed by atoms with Crippen molar-refractivity contribution in [2.75, 3.05) is 33.0 Å². The van der Waals surface area contributed by atoms with Gasteiger partial charge in [-0.25, -0.2) is 4.79 Å². The van der Waals surface area contributed by atoms with Crippen LogP contribution in [0.4, 0.5) is 0 Å². The van der Waals surface area contributed by atoms with E-state index in [9.17, 15) is 9.90 Å². The molecule has 8 heteroatoms. The van der Waals surface area contributed by atoms with Gasteiger partial charge in [0.1, 0.15) is 12.7 Å². The minimum Gasteiger partial charge on any atom is -0.460 e. The van der Waals surface area contributed by atoms with Crippen molar-refractivity contribution in [3.8, 4) is 0 Å². The van der Waals surface area contributed by atoms with Gasteiger partial charge >= 0.3 is 5.97 Å². The zero-order chi connectivity index (χ0) is 39.5. The molecule has 51 heavy (non-hydrogen) atoms. The summed E-state index contributed by atoms with van der Waals surface area (Å²) in [6, 6.07) is 9.95. The summed E-state index contributed by atoms with van der Waals surface area (Å²) in [7, 11) is 0. The van der Waals surface area contributed by atoms with E-state index in [1.54, 1.807) is 6.92 Å². The van der Waals surface area contributed by atoms with E-state index in [0.717, 1.165) is 44.1 Å². The number of piperidine rings is 1. The Morgan fingerprint density at radius 1 is 0.843 bits per heavy atom. The van der Waals surface area contributed by atoms with E-state index in [0.29, 0.717) is 18.1 Å². The molecule has 0 spiro atoms. The third-order valence-electron chi connectivity index (χ3n) is 8.28. The van der Waals surface area contributed by atoms with Gasteiger partial charge in [0, 0.05) is 23.3 Å². The van der Waals surface area contributed by atoms with Gasteiger partial charge in [-0.3, -0.25) is 4.84 Å². The number of ether oxygens (including phenoxy) is 1. The maximum Gasteiger partial charge on any atom is 0.333 e. The van der Waals surface area contributed by atoms with Gasteiger partial charge in [-0.1, -0.05) is 78.8 Å². The Hall–Kier alpha value is -2.59. The number of carbonyl (C=O) groups excluding carboxylic acids is 1. The Morgan fingerprint density at radius 2 is 1.39 bits per heavy atom. The third kappa shape index (κ3) is 25.9. The van der Waals surface area contributed by atoms with Crippen LogP contribution < -0.4 is 0 Å². The molecule has 1 fully saturated rings. The molecule has 0 radical (unpaired) electrons. The lowest BCUT2D eigenvalue weighted by Gasteiger charge is -2.52. The minimum absolute atomic E-state index is 0.00727. The Bertz CT molecular complexity index is 1130. The van der Waals surface area contributed by atoms with Crippen LogP contribution in [0.3, 0.4) is 0 Å². The highest BCUT2D eigenvalue weighted by molar-refractivity contribution is 5.86. The summed E-state index contributed by atoms with van der Waals surface area (Å²) < 4.78 is 4.46. The van der Waals surface area contributed by atoms with E-state index in [1.807, 2.05) is 36.4 Å². The number of aliphatic hydroxyl groups excluding tert-OH is 4. The summed E-state index contributed by atoms with van der Waals surface area (Å²) in [5.74, 6) is 0.208. The molecule has 0 aromatic heterocycles. The summed E-state index contributed by atoms with van der Waals surface area (Å²) >= 11 is 0. The van der Waals surface area contributed by atoms with Crippen LogP contribution in [-0.2, 0) is 14.4 Å². The standard InChI is InChI=1S/C17H27NO2.C10H20O.C10H18O.C6H10O3/c1-16(2)11-8-12-17(3,4)18(16)20-15(13-19)14-9-6-5-7-10-14;2*1-9(2)5-4-6-10(3)7-8-11;1-5(2)6(8)9-4-3-7/h5-7,9-10,15,19H,8,11-13H2,1-4H3;5,10-11H,4,6-8H2,1-3H3;5,7,11H,4,6,8H2,1-3H3;7H,1,3-4H2,2H3/b;;10-7+;/t;10-;;/m.0../s1. The van der Waals surface area contributed by atoms with Gasteiger partial charge < -0.3 is 25.2 Å². The van der Waals surface area contributed by atoms with Crippen molar-refractivity contribution >= 4 is 5.97 Å². The highest BCUT2D eigenvalue weighted by atomic mass is 16.7. The smallest absolute Gasteiger partial charge is 0.333 e. The third-order valence-corrected chi connectivity index (χ3v) is 8.28. The quantitative estimate of drug-likeness (QED) is 0.0759. The van der Waals surface area contributed by atoms with Crippen LogP contribution in [0.5, 0.6) is 0 Å². The molecule has 1 unspecified atom stereocenters. The lowest BCUT2D eigenvalue weighted by Crippen LogP contribution is -2.58. The number of allylic oxidation sites excluding steroid dienone is 5. The number of rotatable bonds is 16. The maximum atomic E-state index is 10.5. The summed E-state index contributed by atoms with van der Waals surface area (Å²) in [6.07, 6.45) is 14.9. The lowest BCUT2D eigenvalue weighted by atomic mass is 9.82. The molecular weight excluding hydrogens is 642 g/mol. The number of aliphatic hydroxyl groups is 4. The first kappa shape index (κ1) is 50.5. The lowest BCUT2D eigenvalue weighted by molar-refractivity contribution is -0.311. The predicted octanol–water partition coefficient (Wildman–Crippen LogP) is 9.22. The van der Waals surface area contributed by atoms with Crippen molar-refractivity contribution in [1.29, 1.82) is 0 Å². The molecule has 1 aliphatic rings. The fraction of sp³-hybridized carbons (Fsp3) is 0.651. The van der Waals surface area contributed by atoms with Gasteiger partial charge in [-0.15, -0.1) is 0 Å². The first-order valence-corrected chi connectivity index (χ1v) is 18.6. The molecule has 294 valence electrons. The molecule has 8 nitrogen and oxygen atoms in total. The second kappa shape index (κ2) is 28.9. The van der Waals surface area contributed by atoms with Crippen LogP contribution in [-0.4, -0.2) is 75.6 Å². The molecule has 1 heterocycles. The molecule has 0 amide bonds. The zero-order valence-corrected chi connectivity index (χ0v) is 34.1. The molecule has 1 aromatic carbocycles. The first-order chi connectivity index (χ1) is 23.9. The Kier molecular flexibility index (Phi) is 28.7. The zero-order valence-electron chi connectivity index (χ0n) is 34.1. The average Bonchev–Trinajstić information content (AvgIpc) is 3.04. The molecule has 2 atom stereocenters. The second-order valence-electron chi connectivity index (χ2n) is 15.1. The van der Waals surface area contributed by atoms with Crippen molar-refractivity contribution in [2.45, 2.75) is 145 Å². The van der Waals surface area contributed by atoms with E-state index < -0.39 is 5.97 Å². The van der Waals surface area contributed by atoms with Crippen molar-refractivity contribution in [1.82, 2.24) is 5.06 Å². The van der Waals surface area contributed by atoms with Gasteiger partial charge in [0.15, 0.2) is 0 Å². The van der Waals surface area contributed by atoms with E-state index in [1.165, 1.54) is 29.6 Å². The minimum atomic E-state index is -0.455. The Balaban J connectivity index is 0. The van der Waals surface area contributed by atoms with Crippen molar-refractivity contribution in [3.05, 3.63) is 83.0 Å². The average molecular weight is 718 g/mol. The number of benzene rings is 1. The van der Waals surface area contributed by atoms with Crippen LogP contribution in [0.1, 0.15) is 139 Å². The molecule has 0 aliphatic carbocycles. The van der Waals surface area contributed by atoms with Gasteiger partial charge in [-0.05, 0) is 132 Å². The van der Waals surface area contributed by atoms with Gasteiger partial charge in [-0.2, -0.15) is 5.06 Å². The van der Waals surface area contributed by atoms with Crippen LogP contribution in [0.15, 0.2) is 77.4 Å². The maximum absolute atomic E-state index is 10.5. The summed E-state index contributed by atoms with van der Waals surface area (Å²) in [5.41, 5.74) is 5.37. The van der Waals surface area contributed by atoms with Gasteiger partial charge in [0.05, 0.1) is 19.8 Å². The highest BCUT2D eigenvalue weighted by Crippen LogP contribution is 2.40. The van der Waals surface area contributed by atoms with Crippen LogP contribution in [0.2, 0.25) is 0 Å². The van der Waals surface area contributed by atoms with E-state index in [4.69, 9.17) is 20.2 Å².